The van der Waals surface area contributed by atoms with Gasteiger partial charge in [0.25, 0.3) is 5.91 Å². The minimum Gasteiger partial charge on any atom is -0.393 e. The summed E-state index contributed by atoms with van der Waals surface area (Å²) in [5.74, 6) is -0.148. The van der Waals surface area contributed by atoms with Crippen LogP contribution in [0.1, 0.15) is 23.0 Å². The average molecular weight is 293 g/mol. The van der Waals surface area contributed by atoms with Crippen LogP contribution in [0.5, 0.6) is 0 Å². The third-order valence-corrected chi connectivity index (χ3v) is 4.99. The van der Waals surface area contributed by atoms with Gasteiger partial charge < -0.3 is 10.0 Å². The molecule has 0 aliphatic carbocycles. The van der Waals surface area contributed by atoms with Gasteiger partial charge >= 0.3 is 0 Å². The van der Waals surface area contributed by atoms with Gasteiger partial charge in [-0.2, -0.15) is 0 Å². The van der Waals surface area contributed by atoms with Crippen LogP contribution in [-0.2, 0) is 0 Å². The molecule has 5 heteroatoms. The molecule has 106 valence electrons. The maximum Gasteiger partial charge on any atom is 0.263 e. The topological polar surface area (TPSA) is 40.5 Å². The third kappa shape index (κ3) is 2.43. The second kappa shape index (κ2) is 5.14. The zero-order valence-corrected chi connectivity index (χ0v) is 12.0. The largest absolute Gasteiger partial charge is 0.393 e. The normalized spacial score (nSPS) is 20.6. The van der Waals surface area contributed by atoms with Gasteiger partial charge in [-0.05, 0) is 43.0 Å². The van der Waals surface area contributed by atoms with Crippen LogP contribution >= 0.6 is 11.3 Å². The molecule has 2 unspecified atom stereocenters. The molecule has 1 aromatic carbocycles. The van der Waals surface area contributed by atoms with Crippen LogP contribution in [0.25, 0.3) is 10.1 Å². The van der Waals surface area contributed by atoms with Crippen LogP contribution in [0.15, 0.2) is 24.3 Å². The minimum absolute atomic E-state index is 0.0187. The fourth-order valence-electron chi connectivity index (χ4n) is 2.64. The van der Waals surface area contributed by atoms with Gasteiger partial charge in [0.2, 0.25) is 0 Å². The second-order valence-corrected chi connectivity index (χ2v) is 6.42. The number of nitrogens with zero attached hydrogens (tertiary/aromatic N) is 1. The number of rotatable bonds is 2. The number of aliphatic hydroxyl groups excluding tert-OH is 1. The summed E-state index contributed by atoms with van der Waals surface area (Å²) in [6, 6.07) is 6.31. The van der Waals surface area contributed by atoms with Crippen LogP contribution in [0.4, 0.5) is 4.39 Å². The zero-order valence-electron chi connectivity index (χ0n) is 11.2. The Morgan fingerprint density at radius 2 is 2.30 bits per heavy atom. The molecule has 0 spiro atoms. The van der Waals surface area contributed by atoms with Gasteiger partial charge in [0, 0.05) is 23.7 Å². The Kier molecular flexibility index (Phi) is 3.48. The van der Waals surface area contributed by atoms with E-state index < -0.39 is 0 Å². The molecule has 1 amide bonds. The number of benzene rings is 1. The van der Waals surface area contributed by atoms with E-state index in [4.69, 9.17) is 0 Å². The van der Waals surface area contributed by atoms with Crippen LogP contribution in [0, 0.1) is 11.7 Å². The number of aliphatic hydroxyl groups is 1. The predicted octanol–water partition coefficient (Wildman–Crippen LogP) is 2.88. The Labute approximate surface area is 120 Å². The van der Waals surface area contributed by atoms with Crippen molar-refractivity contribution in [3.8, 4) is 0 Å². The molecule has 1 aromatic heterocycles. The van der Waals surface area contributed by atoms with E-state index in [1.165, 1.54) is 23.5 Å². The van der Waals surface area contributed by atoms with Crippen molar-refractivity contribution in [2.75, 3.05) is 13.1 Å². The molecule has 20 heavy (non-hydrogen) atoms. The van der Waals surface area contributed by atoms with Crippen molar-refractivity contribution in [2.45, 2.75) is 19.4 Å². The fraction of sp³-hybridized carbons (Fsp3) is 0.400. The first kappa shape index (κ1) is 13.5. The summed E-state index contributed by atoms with van der Waals surface area (Å²) in [5.41, 5.74) is 0. The summed E-state index contributed by atoms with van der Waals surface area (Å²) < 4.78 is 14.1. The Morgan fingerprint density at radius 3 is 3.00 bits per heavy atom. The van der Waals surface area contributed by atoms with Crippen molar-refractivity contribution in [3.05, 3.63) is 35.0 Å². The van der Waals surface area contributed by atoms with E-state index in [2.05, 4.69) is 0 Å². The standard InChI is InChI=1S/C15H16FNO2S/c1-9(18)10-4-5-17(8-10)15(19)14-7-11-6-12(16)2-3-13(11)20-14/h2-3,6-7,9-10,18H,4-5,8H2,1H3. The first-order valence-corrected chi connectivity index (χ1v) is 7.52. The Hall–Kier alpha value is -1.46. The highest BCUT2D eigenvalue weighted by Gasteiger charge is 2.30. The quantitative estimate of drug-likeness (QED) is 0.925. The van der Waals surface area contributed by atoms with E-state index in [0.717, 1.165) is 16.5 Å². The molecule has 2 atom stereocenters. The lowest BCUT2D eigenvalue weighted by Crippen LogP contribution is -2.29. The number of likely N-dealkylation sites (tertiary alicyclic amines) is 1. The summed E-state index contributed by atoms with van der Waals surface area (Å²) in [7, 11) is 0. The van der Waals surface area contributed by atoms with Gasteiger partial charge in [0.05, 0.1) is 11.0 Å². The zero-order chi connectivity index (χ0) is 14.3. The number of amides is 1. The van der Waals surface area contributed by atoms with E-state index in [1.54, 1.807) is 24.0 Å². The van der Waals surface area contributed by atoms with E-state index in [-0.39, 0.29) is 23.7 Å². The van der Waals surface area contributed by atoms with Crippen molar-refractivity contribution < 1.29 is 14.3 Å². The molecule has 3 rings (SSSR count). The number of hydrogen-bond acceptors (Lipinski definition) is 3. The van der Waals surface area contributed by atoms with Crippen molar-refractivity contribution in [1.82, 2.24) is 4.90 Å². The van der Waals surface area contributed by atoms with Crippen LogP contribution in [0.2, 0.25) is 0 Å². The Balaban J connectivity index is 1.82. The lowest BCUT2D eigenvalue weighted by Gasteiger charge is -2.16. The van der Waals surface area contributed by atoms with Gasteiger partial charge in [-0.25, -0.2) is 4.39 Å². The number of thiophene rings is 1. The molecule has 0 saturated carbocycles. The molecule has 0 bridgehead atoms. The van der Waals surface area contributed by atoms with E-state index >= 15 is 0 Å². The van der Waals surface area contributed by atoms with Crippen LogP contribution < -0.4 is 0 Å². The van der Waals surface area contributed by atoms with Gasteiger partial charge in [-0.1, -0.05) is 0 Å². The first-order valence-electron chi connectivity index (χ1n) is 6.71. The van der Waals surface area contributed by atoms with Gasteiger partial charge in [0.15, 0.2) is 0 Å². The highest BCUT2D eigenvalue weighted by molar-refractivity contribution is 7.20. The number of fused-ring (bicyclic) bond motifs is 1. The molecule has 3 nitrogen and oxygen atoms in total. The average Bonchev–Trinajstić information content (AvgIpc) is 3.03. The first-order chi connectivity index (χ1) is 9.54. The summed E-state index contributed by atoms with van der Waals surface area (Å²) >= 11 is 1.39. The van der Waals surface area contributed by atoms with Crippen molar-refractivity contribution in [3.63, 3.8) is 0 Å². The number of carbonyl (C=O) groups excluding carboxylic acids is 1. The van der Waals surface area contributed by atoms with Crippen LogP contribution in [0.3, 0.4) is 0 Å². The van der Waals surface area contributed by atoms with Crippen molar-refractivity contribution in [2.24, 2.45) is 5.92 Å². The second-order valence-electron chi connectivity index (χ2n) is 5.33. The molecule has 1 saturated heterocycles. The fourth-order valence-corrected chi connectivity index (χ4v) is 3.65. The molecule has 2 heterocycles. The SMILES string of the molecule is CC(O)C1CCN(C(=O)c2cc3cc(F)ccc3s2)C1. The summed E-state index contributed by atoms with van der Waals surface area (Å²) in [6.07, 6.45) is 0.451. The maximum absolute atomic E-state index is 13.2. The predicted molar refractivity (Wildman–Crippen MR) is 77.5 cm³/mol. The Morgan fingerprint density at radius 1 is 1.50 bits per heavy atom. The minimum atomic E-state index is -0.385. The summed E-state index contributed by atoms with van der Waals surface area (Å²) in [4.78, 5) is 14.8. The third-order valence-electron chi connectivity index (χ3n) is 3.88. The Bertz CT molecular complexity index is 652. The number of halogens is 1. The lowest BCUT2D eigenvalue weighted by molar-refractivity contribution is 0.0767. The number of hydrogen-bond donors (Lipinski definition) is 1. The van der Waals surface area contributed by atoms with E-state index in [9.17, 15) is 14.3 Å². The van der Waals surface area contributed by atoms with Crippen LogP contribution in [-0.4, -0.2) is 35.1 Å². The summed E-state index contributed by atoms with van der Waals surface area (Å²) in [6.45, 7) is 3.04. The van der Waals surface area contributed by atoms with Crippen molar-refractivity contribution in [1.29, 1.82) is 0 Å². The molecular weight excluding hydrogens is 277 g/mol. The monoisotopic (exact) mass is 293 g/mol. The summed E-state index contributed by atoms with van der Waals surface area (Å²) in [5, 5.41) is 10.4. The molecule has 1 aliphatic heterocycles. The van der Waals surface area contributed by atoms with Gasteiger partial charge in [-0.15, -0.1) is 11.3 Å². The molecule has 0 radical (unpaired) electrons. The number of carbonyl (C=O) groups is 1. The maximum atomic E-state index is 13.2. The highest BCUT2D eigenvalue weighted by Crippen LogP contribution is 2.29. The molecule has 2 aromatic rings. The van der Waals surface area contributed by atoms with Crippen molar-refractivity contribution >= 4 is 27.3 Å². The van der Waals surface area contributed by atoms with E-state index in [0.29, 0.717) is 18.0 Å². The van der Waals surface area contributed by atoms with Gasteiger partial charge in [-0.3, -0.25) is 4.79 Å². The highest BCUT2D eigenvalue weighted by atomic mass is 32.1. The van der Waals surface area contributed by atoms with Gasteiger partial charge in [0.1, 0.15) is 5.82 Å². The van der Waals surface area contributed by atoms with E-state index in [1.807, 2.05) is 0 Å². The lowest BCUT2D eigenvalue weighted by atomic mass is 10.0. The molecule has 1 fully saturated rings. The smallest absolute Gasteiger partial charge is 0.263 e. The molecular formula is C15H16FNO2S. The molecule has 1 N–H and O–H groups in total. The molecule has 1 aliphatic rings.